The molecule has 0 amide bonds. The maximum Gasteiger partial charge on any atom is 0.00989 e. The second-order valence-corrected chi connectivity index (χ2v) is 8.44. The van der Waals surface area contributed by atoms with Gasteiger partial charge >= 0.3 is 0 Å². The van der Waals surface area contributed by atoms with Crippen molar-refractivity contribution in [2.24, 2.45) is 23.2 Å². The number of aryl methyl sites for hydroxylation is 1. The lowest BCUT2D eigenvalue weighted by Crippen LogP contribution is -2.60. The molecule has 23 heavy (non-hydrogen) atoms. The fourth-order valence-corrected chi connectivity index (χ4v) is 5.00. The van der Waals surface area contributed by atoms with Crippen molar-refractivity contribution in [3.05, 3.63) is 35.4 Å². The third-order valence-electron chi connectivity index (χ3n) is 6.89. The van der Waals surface area contributed by atoms with Crippen LogP contribution in [0.1, 0.15) is 44.7 Å². The third-order valence-corrected chi connectivity index (χ3v) is 6.89. The van der Waals surface area contributed by atoms with Gasteiger partial charge in [0, 0.05) is 19.1 Å². The summed E-state index contributed by atoms with van der Waals surface area (Å²) in [5.41, 5.74) is 3.48. The number of rotatable bonds is 7. The highest BCUT2D eigenvalue weighted by Gasteiger charge is 2.55. The maximum absolute atomic E-state index is 3.82. The predicted molar refractivity (Wildman–Crippen MR) is 98.7 cm³/mol. The molecule has 0 radical (unpaired) electrons. The van der Waals surface area contributed by atoms with Gasteiger partial charge in [0.2, 0.25) is 0 Å². The Morgan fingerprint density at radius 3 is 2.57 bits per heavy atom. The van der Waals surface area contributed by atoms with Gasteiger partial charge in [-0.3, -0.25) is 0 Å². The van der Waals surface area contributed by atoms with Crippen LogP contribution in [-0.2, 0) is 6.42 Å². The van der Waals surface area contributed by atoms with Gasteiger partial charge in [0.15, 0.2) is 0 Å². The zero-order valence-corrected chi connectivity index (χ0v) is 15.4. The van der Waals surface area contributed by atoms with Crippen molar-refractivity contribution in [1.29, 1.82) is 0 Å². The van der Waals surface area contributed by atoms with E-state index in [9.17, 15) is 0 Å². The van der Waals surface area contributed by atoms with E-state index in [1.54, 1.807) is 0 Å². The van der Waals surface area contributed by atoms with Crippen molar-refractivity contribution in [2.45, 2.75) is 53.0 Å². The molecule has 3 saturated carbocycles. The van der Waals surface area contributed by atoms with Gasteiger partial charge in [-0.1, -0.05) is 45.0 Å². The molecule has 0 aromatic heterocycles. The monoisotopic (exact) mass is 314 g/mol. The molecule has 128 valence electrons. The maximum atomic E-state index is 3.82. The van der Waals surface area contributed by atoms with E-state index in [0.717, 1.165) is 49.9 Å². The molecule has 2 bridgehead atoms. The summed E-state index contributed by atoms with van der Waals surface area (Å²) in [6.45, 7) is 12.9. The van der Waals surface area contributed by atoms with Gasteiger partial charge in [-0.05, 0) is 67.0 Å². The summed E-state index contributed by atoms with van der Waals surface area (Å²) < 4.78 is 0. The highest BCUT2D eigenvalue weighted by Crippen LogP contribution is 2.61. The molecule has 0 aliphatic heterocycles. The van der Waals surface area contributed by atoms with Crippen LogP contribution in [0, 0.1) is 30.1 Å². The van der Waals surface area contributed by atoms with Crippen molar-refractivity contribution < 1.29 is 0 Å². The lowest BCUT2D eigenvalue weighted by atomic mass is 9.45. The van der Waals surface area contributed by atoms with E-state index in [0.29, 0.717) is 5.41 Å². The van der Waals surface area contributed by atoms with Crippen LogP contribution in [0.5, 0.6) is 0 Å². The first-order chi connectivity index (χ1) is 11.0. The Hall–Kier alpha value is -0.860. The van der Waals surface area contributed by atoms with E-state index in [2.05, 4.69) is 62.6 Å². The second kappa shape index (κ2) is 6.94. The van der Waals surface area contributed by atoms with Crippen LogP contribution in [0.15, 0.2) is 24.3 Å². The molecule has 0 heterocycles. The molecule has 1 aromatic rings. The van der Waals surface area contributed by atoms with E-state index in [1.807, 2.05) is 0 Å². The minimum Gasteiger partial charge on any atom is -0.315 e. The summed E-state index contributed by atoms with van der Waals surface area (Å²) >= 11 is 0. The summed E-state index contributed by atoms with van der Waals surface area (Å²) in [7, 11) is 0. The Labute approximate surface area is 142 Å². The Kier molecular flexibility index (Phi) is 5.13. The summed E-state index contributed by atoms with van der Waals surface area (Å²) in [4.78, 5) is 0. The minimum absolute atomic E-state index is 0.601. The van der Waals surface area contributed by atoms with Crippen LogP contribution in [0.4, 0.5) is 0 Å². The Bertz CT molecular complexity index is 522. The van der Waals surface area contributed by atoms with E-state index < -0.39 is 0 Å². The van der Waals surface area contributed by atoms with Gasteiger partial charge in [-0.2, -0.15) is 0 Å². The average molecular weight is 315 g/mol. The molecular weight excluding hydrogens is 280 g/mol. The first kappa shape index (κ1) is 17.0. The number of fused-ring (bicyclic) bond motifs is 2. The number of benzene rings is 1. The van der Waals surface area contributed by atoms with Crippen LogP contribution in [-0.4, -0.2) is 25.7 Å². The molecule has 3 aliphatic carbocycles. The molecule has 1 aromatic carbocycles. The van der Waals surface area contributed by atoms with Gasteiger partial charge in [-0.15, -0.1) is 0 Å². The van der Waals surface area contributed by atoms with Crippen molar-refractivity contribution >= 4 is 0 Å². The molecule has 4 rings (SSSR count). The van der Waals surface area contributed by atoms with Gasteiger partial charge < -0.3 is 10.6 Å². The molecule has 0 saturated heterocycles. The molecule has 2 heteroatoms. The van der Waals surface area contributed by atoms with E-state index >= 15 is 0 Å². The summed E-state index contributed by atoms with van der Waals surface area (Å²) in [5, 5.41) is 7.41. The van der Waals surface area contributed by atoms with Gasteiger partial charge in [-0.25, -0.2) is 0 Å². The van der Waals surface area contributed by atoms with E-state index in [1.165, 1.54) is 24.0 Å². The molecule has 2 nitrogen and oxygen atoms in total. The Morgan fingerprint density at radius 2 is 1.87 bits per heavy atom. The zero-order chi connectivity index (χ0) is 16.4. The zero-order valence-electron chi connectivity index (χ0n) is 15.4. The smallest absolute Gasteiger partial charge is 0.00989 e. The fraction of sp³-hybridized carbons (Fsp3) is 0.714. The highest BCUT2D eigenvalue weighted by atomic mass is 15.0. The van der Waals surface area contributed by atoms with E-state index in [-0.39, 0.29) is 0 Å². The topological polar surface area (TPSA) is 24.1 Å². The molecule has 4 atom stereocenters. The number of hydrogen-bond acceptors (Lipinski definition) is 2. The third kappa shape index (κ3) is 3.49. The lowest BCUT2D eigenvalue weighted by Gasteiger charge is -2.62. The second-order valence-electron chi connectivity index (χ2n) is 8.44. The number of hydrogen-bond donors (Lipinski definition) is 2. The predicted octanol–water partition coefficient (Wildman–Crippen LogP) is 3.79. The highest BCUT2D eigenvalue weighted by molar-refractivity contribution is 5.25. The minimum atomic E-state index is 0.601. The quantitative estimate of drug-likeness (QED) is 0.748. The summed E-state index contributed by atoms with van der Waals surface area (Å²) in [5.74, 6) is 2.73. The normalized spacial score (nSPS) is 31.7. The molecule has 3 aliphatic rings. The first-order valence-corrected chi connectivity index (χ1v) is 9.48. The molecule has 1 unspecified atom stereocenters. The van der Waals surface area contributed by atoms with Crippen molar-refractivity contribution in [2.75, 3.05) is 19.6 Å². The molecule has 3 fully saturated rings. The van der Waals surface area contributed by atoms with Crippen LogP contribution in [0.2, 0.25) is 0 Å². The van der Waals surface area contributed by atoms with Gasteiger partial charge in [0.25, 0.3) is 0 Å². The van der Waals surface area contributed by atoms with Gasteiger partial charge in [0.05, 0.1) is 0 Å². The Morgan fingerprint density at radius 1 is 1.09 bits per heavy atom. The van der Waals surface area contributed by atoms with E-state index in [4.69, 9.17) is 0 Å². The van der Waals surface area contributed by atoms with Crippen molar-refractivity contribution in [3.8, 4) is 0 Å². The standard InChI is InChI=1S/C21H34N2/c1-15-7-5-6-8-17(15)9-10-22-11-12-23-20-14-18-13-19(16(20)2)21(18,3)4/h5-8,16,18-20,22-23H,9-14H2,1-4H3/t16-,18?,19+,20-/m1/s1. The van der Waals surface area contributed by atoms with Crippen LogP contribution in [0.3, 0.4) is 0 Å². The lowest BCUT2D eigenvalue weighted by molar-refractivity contribution is -0.114. The Balaban J connectivity index is 1.31. The van der Waals surface area contributed by atoms with Crippen LogP contribution >= 0.6 is 0 Å². The SMILES string of the molecule is Cc1ccccc1CCNCCN[C@@H]1CC2C[C@@H]([C@H]1C)C2(C)C. The molecular formula is C21H34N2. The fourth-order valence-electron chi connectivity index (χ4n) is 5.00. The molecule has 0 spiro atoms. The molecule has 2 N–H and O–H groups in total. The first-order valence-electron chi connectivity index (χ1n) is 9.48. The van der Waals surface area contributed by atoms with Crippen molar-refractivity contribution in [1.82, 2.24) is 10.6 Å². The van der Waals surface area contributed by atoms with Crippen molar-refractivity contribution in [3.63, 3.8) is 0 Å². The summed E-state index contributed by atoms with van der Waals surface area (Å²) in [6, 6.07) is 9.44. The average Bonchev–Trinajstić information content (AvgIpc) is 2.53. The number of nitrogens with one attached hydrogen (secondary N) is 2. The van der Waals surface area contributed by atoms with Gasteiger partial charge in [0.1, 0.15) is 0 Å². The van der Waals surface area contributed by atoms with Crippen LogP contribution in [0.25, 0.3) is 0 Å². The summed E-state index contributed by atoms with van der Waals surface area (Å²) in [6.07, 6.45) is 3.99. The van der Waals surface area contributed by atoms with Crippen LogP contribution < -0.4 is 10.6 Å². The largest absolute Gasteiger partial charge is 0.315 e.